The van der Waals surface area contributed by atoms with Crippen molar-refractivity contribution in [2.45, 2.75) is 19.8 Å². The molecule has 3 aromatic rings. The van der Waals surface area contributed by atoms with Crippen molar-refractivity contribution >= 4 is 28.4 Å². The number of hydrogen-bond acceptors (Lipinski definition) is 5. The number of nitrogens with two attached hydrogens (primary N) is 1. The number of aromatic nitrogens is 3. The van der Waals surface area contributed by atoms with Crippen LogP contribution in [-0.2, 0) is 4.74 Å². The standard InChI is InChI=1S/C17H19N5O2/c1-9(2)16-13(8-20-22-16)10-4-11-6-15(21-17(23)24-3)19-7-12(11)14(18)5-10/h4-9H,18H2,1-3H3,(H,20,22)(H,19,21,23). The van der Waals surface area contributed by atoms with E-state index in [4.69, 9.17) is 5.73 Å². The van der Waals surface area contributed by atoms with Gasteiger partial charge in [-0.1, -0.05) is 13.8 Å². The van der Waals surface area contributed by atoms with Crippen LogP contribution in [0, 0.1) is 0 Å². The Hall–Kier alpha value is -3.09. The minimum absolute atomic E-state index is 0.313. The summed E-state index contributed by atoms with van der Waals surface area (Å²) < 4.78 is 4.59. The molecule has 2 heterocycles. The van der Waals surface area contributed by atoms with Crippen LogP contribution in [0.3, 0.4) is 0 Å². The zero-order valence-electron chi connectivity index (χ0n) is 13.8. The number of hydrogen-bond donors (Lipinski definition) is 3. The smallest absolute Gasteiger partial charge is 0.412 e. The van der Waals surface area contributed by atoms with E-state index in [1.165, 1.54) is 7.11 Å². The van der Waals surface area contributed by atoms with Crippen LogP contribution in [-0.4, -0.2) is 28.4 Å². The van der Waals surface area contributed by atoms with Gasteiger partial charge < -0.3 is 10.5 Å². The molecule has 124 valence electrons. The number of carbonyl (C=O) groups is 1. The summed E-state index contributed by atoms with van der Waals surface area (Å²) in [7, 11) is 1.30. The quantitative estimate of drug-likeness (QED) is 0.639. The van der Waals surface area contributed by atoms with Gasteiger partial charge in [0.05, 0.1) is 13.3 Å². The number of nitrogen functional groups attached to an aromatic ring is 1. The van der Waals surface area contributed by atoms with Crippen LogP contribution in [0.4, 0.5) is 16.3 Å². The fourth-order valence-corrected chi connectivity index (χ4v) is 2.63. The van der Waals surface area contributed by atoms with Crippen LogP contribution in [0.25, 0.3) is 21.9 Å². The van der Waals surface area contributed by atoms with Crippen LogP contribution in [0.2, 0.25) is 0 Å². The summed E-state index contributed by atoms with van der Waals surface area (Å²) in [5.74, 6) is 0.718. The molecule has 2 aromatic heterocycles. The van der Waals surface area contributed by atoms with Crippen LogP contribution < -0.4 is 11.1 Å². The third-order valence-corrected chi connectivity index (χ3v) is 3.84. The Morgan fingerprint density at radius 3 is 2.79 bits per heavy atom. The maximum Gasteiger partial charge on any atom is 0.412 e. The van der Waals surface area contributed by atoms with E-state index in [-0.39, 0.29) is 0 Å². The van der Waals surface area contributed by atoms with E-state index in [2.05, 4.69) is 39.1 Å². The number of carbonyl (C=O) groups excluding carboxylic acids is 1. The zero-order chi connectivity index (χ0) is 17.3. The first kappa shape index (κ1) is 15.8. The highest BCUT2D eigenvalue weighted by Gasteiger charge is 2.13. The predicted molar refractivity (Wildman–Crippen MR) is 93.9 cm³/mol. The van der Waals surface area contributed by atoms with E-state index in [1.54, 1.807) is 18.5 Å². The lowest BCUT2D eigenvalue weighted by atomic mass is 9.97. The summed E-state index contributed by atoms with van der Waals surface area (Å²) in [4.78, 5) is 15.5. The zero-order valence-corrected chi connectivity index (χ0v) is 13.8. The molecule has 1 amide bonds. The van der Waals surface area contributed by atoms with Gasteiger partial charge in [0, 0.05) is 28.5 Å². The van der Waals surface area contributed by atoms with Crippen molar-refractivity contribution in [3.05, 3.63) is 36.3 Å². The van der Waals surface area contributed by atoms with Crippen molar-refractivity contribution < 1.29 is 9.53 Å². The number of amides is 1. The number of nitrogens with one attached hydrogen (secondary N) is 2. The Morgan fingerprint density at radius 1 is 1.29 bits per heavy atom. The monoisotopic (exact) mass is 325 g/mol. The molecular weight excluding hydrogens is 306 g/mol. The highest BCUT2D eigenvalue weighted by molar-refractivity contribution is 5.98. The average Bonchev–Trinajstić information content (AvgIpc) is 3.04. The van der Waals surface area contributed by atoms with Crippen LogP contribution in [0.5, 0.6) is 0 Å². The molecule has 0 aliphatic carbocycles. The summed E-state index contributed by atoms with van der Waals surface area (Å²) in [5, 5.41) is 11.4. The van der Waals surface area contributed by atoms with Crippen LogP contribution >= 0.6 is 0 Å². The molecule has 0 saturated carbocycles. The summed E-state index contributed by atoms with van der Waals surface area (Å²) >= 11 is 0. The predicted octanol–water partition coefficient (Wildman–Crippen LogP) is 3.51. The van der Waals surface area contributed by atoms with E-state index in [1.807, 2.05) is 12.1 Å². The first-order valence-electron chi connectivity index (χ1n) is 7.57. The van der Waals surface area contributed by atoms with E-state index in [0.29, 0.717) is 17.4 Å². The Kier molecular flexibility index (Phi) is 4.07. The molecule has 0 bridgehead atoms. The molecule has 4 N–H and O–H groups in total. The molecule has 0 fully saturated rings. The third kappa shape index (κ3) is 2.88. The second-order valence-electron chi connectivity index (χ2n) is 5.82. The van der Waals surface area contributed by atoms with E-state index in [9.17, 15) is 4.79 Å². The van der Waals surface area contributed by atoms with Gasteiger partial charge in [0.25, 0.3) is 0 Å². The Bertz CT molecular complexity index is 901. The van der Waals surface area contributed by atoms with Gasteiger partial charge in [-0.15, -0.1) is 0 Å². The molecule has 0 atom stereocenters. The van der Waals surface area contributed by atoms with Crippen molar-refractivity contribution in [2.75, 3.05) is 18.2 Å². The molecule has 0 aliphatic heterocycles. The average molecular weight is 325 g/mol. The van der Waals surface area contributed by atoms with Gasteiger partial charge in [-0.2, -0.15) is 5.10 Å². The molecule has 24 heavy (non-hydrogen) atoms. The minimum atomic E-state index is -0.567. The first-order valence-corrected chi connectivity index (χ1v) is 7.57. The number of nitrogens with zero attached hydrogens (tertiary/aromatic N) is 2. The third-order valence-electron chi connectivity index (χ3n) is 3.84. The highest BCUT2D eigenvalue weighted by atomic mass is 16.5. The molecule has 7 nitrogen and oxygen atoms in total. The lowest BCUT2D eigenvalue weighted by molar-refractivity contribution is 0.187. The van der Waals surface area contributed by atoms with Gasteiger partial charge in [0.1, 0.15) is 5.82 Å². The van der Waals surface area contributed by atoms with Gasteiger partial charge in [-0.25, -0.2) is 9.78 Å². The van der Waals surface area contributed by atoms with Crippen molar-refractivity contribution in [2.24, 2.45) is 0 Å². The van der Waals surface area contributed by atoms with Gasteiger partial charge in [0.15, 0.2) is 0 Å². The normalized spacial score (nSPS) is 11.0. The molecule has 0 saturated heterocycles. The summed E-state index contributed by atoms with van der Waals surface area (Å²) in [6, 6.07) is 5.68. The van der Waals surface area contributed by atoms with Gasteiger partial charge in [-0.3, -0.25) is 10.4 Å². The number of aromatic amines is 1. The van der Waals surface area contributed by atoms with Crippen LogP contribution in [0.1, 0.15) is 25.5 Å². The van der Waals surface area contributed by atoms with E-state index in [0.717, 1.165) is 27.6 Å². The van der Waals surface area contributed by atoms with Crippen molar-refractivity contribution in [3.63, 3.8) is 0 Å². The number of H-pyrrole nitrogens is 1. The summed E-state index contributed by atoms with van der Waals surface area (Å²) in [5.41, 5.74) is 9.83. The largest absolute Gasteiger partial charge is 0.453 e. The van der Waals surface area contributed by atoms with E-state index >= 15 is 0 Å². The number of anilines is 2. The van der Waals surface area contributed by atoms with Crippen molar-refractivity contribution in [3.8, 4) is 11.1 Å². The second kappa shape index (κ2) is 6.19. The number of fused-ring (bicyclic) bond motifs is 1. The molecule has 0 aliphatic rings. The number of rotatable bonds is 3. The number of benzene rings is 1. The molecule has 0 unspecified atom stereocenters. The molecule has 7 heteroatoms. The summed E-state index contributed by atoms with van der Waals surface area (Å²) in [6.45, 7) is 4.20. The second-order valence-corrected chi connectivity index (χ2v) is 5.82. The molecule has 0 spiro atoms. The van der Waals surface area contributed by atoms with Crippen LogP contribution in [0.15, 0.2) is 30.6 Å². The highest BCUT2D eigenvalue weighted by Crippen LogP contribution is 2.33. The fourth-order valence-electron chi connectivity index (χ4n) is 2.63. The molecule has 0 radical (unpaired) electrons. The van der Waals surface area contributed by atoms with Crippen molar-refractivity contribution in [1.29, 1.82) is 0 Å². The van der Waals surface area contributed by atoms with Gasteiger partial charge >= 0.3 is 6.09 Å². The molecule has 3 rings (SSSR count). The fraction of sp³-hybridized carbons (Fsp3) is 0.235. The SMILES string of the molecule is COC(=O)Nc1cc2cc(-c3cn[nH]c3C(C)C)cc(N)c2cn1. The number of methoxy groups -OCH3 is 1. The van der Waals surface area contributed by atoms with Gasteiger partial charge in [0.2, 0.25) is 0 Å². The maximum atomic E-state index is 11.3. The Morgan fingerprint density at radius 2 is 2.08 bits per heavy atom. The summed E-state index contributed by atoms with van der Waals surface area (Å²) in [6.07, 6.45) is 2.87. The molecule has 1 aromatic carbocycles. The molecular formula is C17H19N5O2. The number of pyridine rings is 1. The van der Waals surface area contributed by atoms with Gasteiger partial charge in [-0.05, 0) is 35.1 Å². The maximum absolute atomic E-state index is 11.3. The minimum Gasteiger partial charge on any atom is -0.453 e. The lowest BCUT2D eigenvalue weighted by Crippen LogP contribution is -2.11. The Balaban J connectivity index is 2.10. The number of ether oxygens (including phenoxy) is 1. The van der Waals surface area contributed by atoms with Crippen molar-refractivity contribution in [1.82, 2.24) is 15.2 Å². The van der Waals surface area contributed by atoms with E-state index < -0.39 is 6.09 Å². The first-order chi connectivity index (χ1) is 11.5. The topological polar surface area (TPSA) is 106 Å². The Labute approximate surface area is 139 Å². The lowest BCUT2D eigenvalue weighted by Gasteiger charge is -2.10.